The molecule has 0 spiro atoms. The third kappa shape index (κ3) is 5.01. The molecule has 148 valence electrons. The van der Waals surface area contributed by atoms with Crippen molar-refractivity contribution in [1.82, 2.24) is 20.2 Å². The molecule has 12 heteroatoms. The van der Waals surface area contributed by atoms with Gasteiger partial charge in [0.2, 0.25) is 5.13 Å². The van der Waals surface area contributed by atoms with Crippen LogP contribution in [-0.4, -0.2) is 41.4 Å². The first kappa shape index (κ1) is 20.1. The molecule has 0 bridgehead atoms. The zero-order valence-electron chi connectivity index (χ0n) is 15.0. The standard InChI is InChI=1S/C16H15F3N6OS2/c1-25(2)12-8-11(16(17,18)19)21-13(22-12)27-15-24-23-14(28-15)20-9-4-6-10(26-3)7-5-9/h4-8H,1-3H3,(H,20,23). The number of hydrogen-bond donors (Lipinski definition) is 1. The minimum Gasteiger partial charge on any atom is -0.497 e. The molecule has 3 rings (SSSR count). The van der Waals surface area contributed by atoms with Gasteiger partial charge in [-0.1, -0.05) is 11.3 Å². The molecule has 0 saturated carbocycles. The van der Waals surface area contributed by atoms with E-state index >= 15 is 0 Å². The predicted molar refractivity (Wildman–Crippen MR) is 102 cm³/mol. The van der Waals surface area contributed by atoms with Gasteiger partial charge < -0.3 is 15.0 Å². The maximum absolute atomic E-state index is 13.1. The Labute approximate surface area is 167 Å². The van der Waals surface area contributed by atoms with Crippen molar-refractivity contribution >= 4 is 39.7 Å². The van der Waals surface area contributed by atoms with Crippen molar-refractivity contribution in [2.24, 2.45) is 0 Å². The third-order valence-corrected chi connectivity index (χ3v) is 5.12. The lowest BCUT2D eigenvalue weighted by atomic mass is 10.3. The normalized spacial score (nSPS) is 11.4. The van der Waals surface area contributed by atoms with Gasteiger partial charge in [0.15, 0.2) is 15.2 Å². The predicted octanol–water partition coefficient (Wildman–Crippen LogP) is 4.32. The van der Waals surface area contributed by atoms with Gasteiger partial charge in [0.05, 0.1) is 7.11 Å². The molecule has 0 saturated heterocycles. The Bertz CT molecular complexity index is 946. The molecule has 0 fully saturated rings. The molecular weight excluding hydrogens is 413 g/mol. The van der Waals surface area contributed by atoms with Gasteiger partial charge in [-0.2, -0.15) is 13.2 Å². The molecule has 0 unspecified atom stereocenters. The van der Waals surface area contributed by atoms with Crippen LogP contribution in [0, 0.1) is 0 Å². The number of benzene rings is 1. The Morgan fingerprint density at radius 3 is 2.43 bits per heavy atom. The summed E-state index contributed by atoms with van der Waals surface area (Å²) in [4.78, 5) is 9.22. The van der Waals surface area contributed by atoms with Crippen LogP contribution in [-0.2, 0) is 6.18 Å². The van der Waals surface area contributed by atoms with E-state index in [4.69, 9.17) is 4.74 Å². The van der Waals surface area contributed by atoms with Gasteiger partial charge in [0.1, 0.15) is 11.6 Å². The number of nitrogens with one attached hydrogen (secondary N) is 1. The lowest BCUT2D eigenvalue weighted by Gasteiger charge is -2.14. The first-order chi connectivity index (χ1) is 13.2. The number of rotatable bonds is 6. The van der Waals surface area contributed by atoms with E-state index in [1.54, 1.807) is 33.3 Å². The van der Waals surface area contributed by atoms with Crippen LogP contribution in [0.4, 0.5) is 29.8 Å². The van der Waals surface area contributed by atoms with Crippen molar-refractivity contribution in [2.45, 2.75) is 15.7 Å². The number of ether oxygens (including phenoxy) is 1. The molecule has 3 aromatic rings. The number of anilines is 3. The van der Waals surface area contributed by atoms with E-state index in [0.29, 0.717) is 9.47 Å². The monoisotopic (exact) mass is 428 g/mol. The number of hydrogen-bond acceptors (Lipinski definition) is 9. The van der Waals surface area contributed by atoms with Crippen LogP contribution in [0.2, 0.25) is 0 Å². The molecule has 0 amide bonds. The molecule has 2 heterocycles. The summed E-state index contributed by atoms with van der Waals surface area (Å²) in [6.45, 7) is 0. The van der Waals surface area contributed by atoms with E-state index in [1.807, 2.05) is 12.1 Å². The van der Waals surface area contributed by atoms with Crippen molar-refractivity contribution in [3.05, 3.63) is 36.0 Å². The van der Waals surface area contributed by atoms with Gasteiger partial charge in [-0.3, -0.25) is 0 Å². The zero-order chi connectivity index (χ0) is 20.3. The van der Waals surface area contributed by atoms with Gasteiger partial charge in [0.25, 0.3) is 0 Å². The molecule has 0 radical (unpaired) electrons. The summed E-state index contributed by atoms with van der Waals surface area (Å²) < 4.78 is 44.8. The topological polar surface area (TPSA) is 76.1 Å². The summed E-state index contributed by atoms with van der Waals surface area (Å²) in [7, 11) is 4.80. The Morgan fingerprint density at radius 1 is 1.11 bits per heavy atom. The van der Waals surface area contributed by atoms with Crippen LogP contribution in [0.3, 0.4) is 0 Å². The molecule has 2 aromatic heterocycles. The van der Waals surface area contributed by atoms with E-state index < -0.39 is 11.9 Å². The molecule has 1 N–H and O–H groups in total. The maximum Gasteiger partial charge on any atom is 0.433 e. The van der Waals surface area contributed by atoms with Crippen LogP contribution < -0.4 is 15.0 Å². The minimum atomic E-state index is -4.56. The minimum absolute atomic E-state index is 0.0503. The highest BCUT2D eigenvalue weighted by Crippen LogP contribution is 2.35. The van der Waals surface area contributed by atoms with Crippen LogP contribution in [0.15, 0.2) is 39.8 Å². The fourth-order valence-electron chi connectivity index (χ4n) is 2.01. The Kier molecular flexibility index (Phi) is 5.89. The lowest BCUT2D eigenvalue weighted by Crippen LogP contribution is -2.15. The Morgan fingerprint density at radius 2 is 1.82 bits per heavy atom. The van der Waals surface area contributed by atoms with Crippen molar-refractivity contribution in [3.63, 3.8) is 0 Å². The molecule has 7 nitrogen and oxygen atoms in total. The van der Waals surface area contributed by atoms with E-state index in [2.05, 4.69) is 25.5 Å². The first-order valence-corrected chi connectivity index (χ1v) is 9.44. The molecule has 0 aliphatic heterocycles. The van der Waals surface area contributed by atoms with E-state index in [0.717, 1.165) is 29.3 Å². The molecule has 1 aromatic carbocycles. The second kappa shape index (κ2) is 8.19. The number of alkyl halides is 3. The number of aromatic nitrogens is 4. The summed E-state index contributed by atoms with van der Waals surface area (Å²) in [5.41, 5.74) is -0.228. The van der Waals surface area contributed by atoms with E-state index in [1.165, 1.54) is 16.2 Å². The lowest BCUT2D eigenvalue weighted by molar-refractivity contribution is -0.141. The molecular formula is C16H15F3N6OS2. The summed E-state index contributed by atoms with van der Waals surface area (Å²) in [6.07, 6.45) is -4.56. The molecule has 0 aliphatic rings. The van der Waals surface area contributed by atoms with Crippen molar-refractivity contribution < 1.29 is 17.9 Å². The maximum atomic E-state index is 13.1. The second-order valence-electron chi connectivity index (χ2n) is 5.61. The smallest absolute Gasteiger partial charge is 0.433 e. The van der Waals surface area contributed by atoms with Crippen LogP contribution in [0.1, 0.15) is 5.69 Å². The van der Waals surface area contributed by atoms with Gasteiger partial charge >= 0.3 is 6.18 Å². The number of halogens is 3. The highest BCUT2D eigenvalue weighted by atomic mass is 32.2. The number of nitrogens with zero attached hydrogens (tertiary/aromatic N) is 5. The third-order valence-electron chi connectivity index (χ3n) is 3.37. The van der Waals surface area contributed by atoms with Crippen molar-refractivity contribution in [2.75, 3.05) is 31.4 Å². The average molecular weight is 428 g/mol. The Balaban J connectivity index is 1.78. The zero-order valence-corrected chi connectivity index (χ0v) is 16.6. The quantitative estimate of drug-likeness (QED) is 0.582. The summed E-state index contributed by atoms with van der Waals surface area (Å²) >= 11 is 2.11. The SMILES string of the molecule is COc1ccc(Nc2nnc(Sc3nc(N(C)C)cc(C(F)(F)F)n3)s2)cc1. The highest BCUT2D eigenvalue weighted by molar-refractivity contribution is 8.00. The van der Waals surface area contributed by atoms with Gasteiger partial charge in [-0.15, -0.1) is 10.2 Å². The van der Waals surface area contributed by atoms with Crippen molar-refractivity contribution in [3.8, 4) is 5.75 Å². The van der Waals surface area contributed by atoms with Gasteiger partial charge in [-0.25, -0.2) is 9.97 Å². The van der Waals surface area contributed by atoms with Crippen LogP contribution in [0.5, 0.6) is 5.75 Å². The van der Waals surface area contributed by atoms with Gasteiger partial charge in [-0.05, 0) is 36.0 Å². The number of methoxy groups -OCH3 is 1. The van der Waals surface area contributed by atoms with E-state index in [9.17, 15) is 13.2 Å². The highest BCUT2D eigenvalue weighted by Gasteiger charge is 2.34. The fraction of sp³-hybridized carbons (Fsp3) is 0.250. The summed E-state index contributed by atoms with van der Waals surface area (Å²) in [6, 6.07) is 8.11. The van der Waals surface area contributed by atoms with Crippen LogP contribution in [0.25, 0.3) is 0 Å². The van der Waals surface area contributed by atoms with E-state index in [-0.39, 0.29) is 11.0 Å². The Hall–Kier alpha value is -2.60. The van der Waals surface area contributed by atoms with Crippen molar-refractivity contribution in [1.29, 1.82) is 0 Å². The fourth-order valence-corrected chi connectivity index (χ4v) is 3.66. The summed E-state index contributed by atoms with van der Waals surface area (Å²) in [5.74, 6) is 0.878. The largest absolute Gasteiger partial charge is 0.497 e. The molecule has 0 aliphatic carbocycles. The molecule has 0 atom stereocenters. The van der Waals surface area contributed by atoms with Gasteiger partial charge in [0, 0.05) is 25.8 Å². The second-order valence-corrected chi connectivity index (χ2v) is 7.81. The summed E-state index contributed by atoms with van der Waals surface area (Å²) in [5, 5.41) is 11.5. The first-order valence-electron chi connectivity index (χ1n) is 7.80. The average Bonchev–Trinajstić information content (AvgIpc) is 3.08. The molecule has 28 heavy (non-hydrogen) atoms. The van der Waals surface area contributed by atoms with Crippen LogP contribution >= 0.6 is 23.1 Å².